The van der Waals surface area contributed by atoms with Crippen molar-refractivity contribution in [2.45, 2.75) is 54.4 Å². The van der Waals surface area contributed by atoms with Crippen LogP contribution in [0.2, 0.25) is 0 Å². The van der Waals surface area contributed by atoms with Crippen LogP contribution in [0.3, 0.4) is 0 Å². The van der Waals surface area contributed by atoms with Crippen LogP contribution in [0.15, 0.2) is 11.1 Å². The predicted molar refractivity (Wildman–Crippen MR) is 66.2 cm³/mol. The van der Waals surface area contributed by atoms with Gasteiger partial charge in [-0.1, -0.05) is 33.3 Å². The zero-order chi connectivity index (χ0) is 12.4. The van der Waals surface area contributed by atoms with Gasteiger partial charge in [0, 0.05) is 12.1 Å². The molecule has 0 atom stereocenters. The Hall–Kier alpha value is -0.830. The highest BCUT2D eigenvalue weighted by molar-refractivity contribution is 5.93. The molecular formula is C12H26N2O. The van der Waals surface area contributed by atoms with E-state index in [0.717, 1.165) is 18.4 Å². The summed E-state index contributed by atoms with van der Waals surface area (Å²) in [5.74, 6) is 5.45. The third-order valence-corrected chi connectivity index (χ3v) is 2.17. The van der Waals surface area contributed by atoms with Crippen molar-refractivity contribution in [1.82, 2.24) is 5.01 Å². The molecule has 1 aliphatic heterocycles. The molecule has 2 N–H and O–H groups in total. The minimum absolute atomic E-state index is 0.0278. The molecule has 0 aromatic heterocycles. The van der Waals surface area contributed by atoms with Crippen molar-refractivity contribution in [2.24, 2.45) is 5.84 Å². The van der Waals surface area contributed by atoms with E-state index in [4.69, 9.17) is 5.84 Å². The Balaban J connectivity index is 0. The van der Waals surface area contributed by atoms with Crippen molar-refractivity contribution in [3.05, 3.63) is 11.1 Å². The summed E-state index contributed by atoms with van der Waals surface area (Å²) in [6, 6.07) is 0. The van der Waals surface area contributed by atoms with Crippen LogP contribution >= 0.6 is 0 Å². The number of carbonyl (C=O) groups is 1. The third kappa shape index (κ3) is 5.57. The molecule has 0 fully saturated rings. The van der Waals surface area contributed by atoms with Gasteiger partial charge < -0.3 is 0 Å². The van der Waals surface area contributed by atoms with Gasteiger partial charge in [0.05, 0.1) is 0 Å². The first-order valence-electron chi connectivity index (χ1n) is 5.86. The van der Waals surface area contributed by atoms with E-state index >= 15 is 0 Å². The Morgan fingerprint density at radius 1 is 1.13 bits per heavy atom. The number of carbonyl (C=O) groups excluding carboxylic acids is 1. The smallest absolute Gasteiger partial charge is 0.263 e. The van der Waals surface area contributed by atoms with E-state index in [1.54, 1.807) is 0 Å². The van der Waals surface area contributed by atoms with Gasteiger partial charge in [-0.25, -0.2) is 5.84 Å². The number of hydrogen-bond acceptors (Lipinski definition) is 2. The molecule has 1 heterocycles. The molecule has 1 amide bonds. The lowest BCUT2D eigenvalue weighted by Crippen LogP contribution is -2.37. The summed E-state index contributed by atoms with van der Waals surface area (Å²) in [6.07, 6.45) is 1.97. The Morgan fingerprint density at radius 3 is 2.07 bits per heavy atom. The second-order valence-corrected chi connectivity index (χ2v) is 3.01. The molecular weight excluding hydrogens is 188 g/mol. The van der Waals surface area contributed by atoms with Gasteiger partial charge in [0.2, 0.25) is 0 Å². The van der Waals surface area contributed by atoms with Crippen molar-refractivity contribution >= 4 is 5.91 Å². The Kier molecular flexibility index (Phi) is 10.7. The Morgan fingerprint density at radius 2 is 1.60 bits per heavy atom. The maximum atomic E-state index is 11.3. The predicted octanol–water partition coefficient (Wildman–Crippen LogP) is 2.87. The second kappa shape index (κ2) is 9.71. The molecule has 0 bridgehead atoms. The molecule has 0 unspecified atom stereocenters. The van der Waals surface area contributed by atoms with E-state index in [1.165, 1.54) is 10.6 Å². The number of hydrazine groups is 1. The van der Waals surface area contributed by atoms with E-state index in [1.807, 2.05) is 41.5 Å². The molecule has 3 heteroatoms. The van der Waals surface area contributed by atoms with Crippen LogP contribution < -0.4 is 5.84 Å². The van der Waals surface area contributed by atoms with Crippen molar-refractivity contribution in [3.63, 3.8) is 0 Å². The average Bonchev–Trinajstić information content (AvgIpc) is 2.40. The van der Waals surface area contributed by atoms with Crippen molar-refractivity contribution < 1.29 is 4.79 Å². The number of nitrogens with zero attached hydrogens (tertiary/aromatic N) is 1. The fourth-order valence-electron chi connectivity index (χ4n) is 1.20. The maximum Gasteiger partial charge on any atom is 0.263 e. The highest BCUT2D eigenvalue weighted by Crippen LogP contribution is 2.15. The van der Waals surface area contributed by atoms with Crippen LogP contribution in [0, 0.1) is 0 Å². The summed E-state index contributed by atoms with van der Waals surface area (Å²) in [4.78, 5) is 11.3. The van der Waals surface area contributed by atoms with E-state index in [9.17, 15) is 4.79 Å². The van der Waals surface area contributed by atoms with Gasteiger partial charge in [0.25, 0.3) is 5.91 Å². The summed E-state index contributed by atoms with van der Waals surface area (Å²) in [5.41, 5.74) is 1.98. The van der Waals surface area contributed by atoms with Crippen molar-refractivity contribution in [3.8, 4) is 0 Å². The van der Waals surface area contributed by atoms with Crippen LogP contribution in [0.4, 0.5) is 0 Å². The first-order chi connectivity index (χ1) is 7.13. The normalized spacial score (nSPS) is 15.9. The number of hydrogen-bond donors (Lipinski definition) is 1. The van der Waals surface area contributed by atoms with Gasteiger partial charge in [0.1, 0.15) is 0 Å². The molecule has 15 heavy (non-hydrogen) atoms. The lowest BCUT2D eigenvalue weighted by molar-refractivity contribution is -0.127. The third-order valence-electron chi connectivity index (χ3n) is 2.17. The van der Waals surface area contributed by atoms with Crippen LogP contribution in [-0.4, -0.2) is 17.5 Å². The quantitative estimate of drug-likeness (QED) is 0.498. The molecule has 0 aromatic carbocycles. The van der Waals surface area contributed by atoms with Crippen molar-refractivity contribution in [2.75, 3.05) is 6.54 Å². The highest BCUT2D eigenvalue weighted by atomic mass is 16.2. The lowest BCUT2D eigenvalue weighted by atomic mass is 10.1. The standard InChI is InChI=1S/C8H14N2O.2C2H6/c1-6-4-3-5-10(9)8(11)7(6)2;2*1-2/h3-5,9H2,1-2H3;2*1-2H3. The van der Waals surface area contributed by atoms with Gasteiger partial charge in [0.15, 0.2) is 0 Å². The van der Waals surface area contributed by atoms with Gasteiger partial charge in [-0.2, -0.15) is 0 Å². The van der Waals surface area contributed by atoms with E-state index < -0.39 is 0 Å². The van der Waals surface area contributed by atoms with Gasteiger partial charge in [-0.05, 0) is 26.7 Å². The van der Waals surface area contributed by atoms with Crippen molar-refractivity contribution in [1.29, 1.82) is 0 Å². The van der Waals surface area contributed by atoms with E-state index in [0.29, 0.717) is 6.54 Å². The molecule has 90 valence electrons. The molecule has 1 rings (SSSR count). The van der Waals surface area contributed by atoms with Gasteiger partial charge in [-0.3, -0.25) is 9.80 Å². The first-order valence-corrected chi connectivity index (χ1v) is 5.86. The molecule has 0 aromatic rings. The summed E-state index contributed by atoms with van der Waals surface area (Å²) < 4.78 is 0. The molecule has 0 aliphatic carbocycles. The largest absolute Gasteiger partial charge is 0.277 e. The minimum atomic E-state index is -0.0278. The number of amides is 1. The average molecular weight is 214 g/mol. The van der Waals surface area contributed by atoms with Crippen LogP contribution in [-0.2, 0) is 4.79 Å². The van der Waals surface area contributed by atoms with E-state index in [-0.39, 0.29) is 5.91 Å². The van der Waals surface area contributed by atoms with Crippen LogP contribution in [0.1, 0.15) is 54.4 Å². The summed E-state index contributed by atoms with van der Waals surface area (Å²) >= 11 is 0. The number of nitrogens with two attached hydrogens (primary N) is 1. The first kappa shape index (κ1) is 16.6. The molecule has 1 aliphatic rings. The minimum Gasteiger partial charge on any atom is -0.277 e. The second-order valence-electron chi connectivity index (χ2n) is 3.01. The zero-order valence-electron chi connectivity index (χ0n) is 11.1. The lowest BCUT2D eigenvalue weighted by Gasteiger charge is -2.13. The van der Waals surface area contributed by atoms with E-state index in [2.05, 4.69) is 0 Å². The van der Waals surface area contributed by atoms with Gasteiger partial charge >= 0.3 is 0 Å². The summed E-state index contributed by atoms with van der Waals surface area (Å²) in [6.45, 7) is 12.5. The van der Waals surface area contributed by atoms with Crippen LogP contribution in [0.25, 0.3) is 0 Å². The van der Waals surface area contributed by atoms with Crippen LogP contribution in [0.5, 0.6) is 0 Å². The zero-order valence-corrected chi connectivity index (χ0v) is 11.1. The SMILES string of the molecule is CC.CC.CC1=C(C)C(=O)N(N)CCC1. The Bertz CT molecular complexity index is 210. The fourth-order valence-corrected chi connectivity index (χ4v) is 1.20. The topological polar surface area (TPSA) is 46.3 Å². The Labute approximate surface area is 94.3 Å². The molecule has 0 spiro atoms. The summed E-state index contributed by atoms with van der Waals surface area (Å²) in [7, 11) is 0. The fraction of sp³-hybridized carbons (Fsp3) is 0.750. The molecule has 3 nitrogen and oxygen atoms in total. The van der Waals surface area contributed by atoms with Gasteiger partial charge in [-0.15, -0.1) is 0 Å². The number of rotatable bonds is 0. The molecule has 0 saturated heterocycles. The maximum absolute atomic E-state index is 11.3. The molecule has 0 radical (unpaired) electrons. The summed E-state index contributed by atoms with van der Waals surface area (Å²) in [5, 5.41) is 1.30. The molecule has 0 saturated carbocycles. The monoisotopic (exact) mass is 214 g/mol. The number of allylic oxidation sites excluding steroid dienone is 1. The highest BCUT2D eigenvalue weighted by Gasteiger charge is 2.16.